The highest BCUT2D eigenvalue weighted by atomic mass is 16.3. The second-order valence-electron chi connectivity index (χ2n) is 22.5. The number of amides is 1. The average Bonchev–Trinajstić information content (AvgIpc) is 3.44. The lowest BCUT2D eigenvalue weighted by Crippen LogP contribution is -2.45. The van der Waals surface area contributed by atoms with Gasteiger partial charge in [-0.2, -0.15) is 0 Å². The van der Waals surface area contributed by atoms with Gasteiger partial charge in [-0.25, -0.2) is 0 Å². The minimum Gasteiger partial charge on any atom is -0.394 e. The van der Waals surface area contributed by atoms with Crippen molar-refractivity contribution in [3.63, 3.8) is 0 Å². The number of carbonyl (C=O) groups excluding carboxylic acids is 1. The number of rotatable bonds is 61. The van der Waals surface area contributed by atoms with Crippen molar-refractivity contribution in [2.75, 3.05) is 6.61 Å². The molecule has 0 rings (SSSR count). The van der Waals surface area contributed by atoms with Crippen LogP contribution in [-0.4, -0.2) is 34.9 Å². The minimum absolute atomic E-state index is 0.0791. The molecule has 3 N–H and O–H groups in total. The quantitative estimate of drug-likeness (QED) is 0.0420. The third-order valence-electron chi connectivity index (χ3n) is 14.9. The van der Waals surface area contributed by atoms with Gasteiger partial charge in [0.25, 0.3) is 0 Å². The zero-order chi connectivity index (χ0) is 56.2. The van der Waals surface area contributed by atoms with Crippen molar-refractivity contribution >= 4 is 5.91 Å². The lowest BCUT2D eigenvalue weighted by Gasteiger charge is -2.19. The molecule has 0 aromatic heterocycles. The Labute approximate surface area is 486 Å². The molecule has 0 aromatic carbocycles. The van der Waals surface area contributed by atoms with Crippen LogP contribution in [0.25, 0.3) is 0 Å². The lowest BCUT2D eigenvalue weighted by atomic mass is 10.0. The third kappa shape index (κ3) is 63.6. The highest BCUT2D eigenvalue weighted by Crippen LogP contribution is 2.17. The molecule has 0 aromatic rings. The van der Waals surface area contributed by atoms with E-state index in [1.54, 1.807) is 6.08 Å². The zero-order valence-electron chi connectivity index (χ0n) is 51.7. The van der Waals surface area contributed by atoms with E-state index >= 15 is 0 Å². The molecule has 4 nitrogen and oxygen atoms in total. The first-order chi connectivity index (χ1) is 38.7. The van der Waals surface area contributed by atoms with E-state index in [2.05, 4.69) is 129 Å². The van der Waals surface area contributed by atoms with Crippen LogP contribution < -0.4 is 5.32 Å². The van der Waals surface area contributed by atoms with E-state index in [0.717, 1.165) is 83.5 Å². The van der Waals surface area contributed by atoms with E-state index < -0.39 is 12.1 Å². The summed E-state index contributed by atoms with van der Waals surface area (Å²) in [6, 6.07) is -0.654. The van der Waals surface area contributed by atoms with E-state index in [1.165, 1.54) is 218 Å². The fourth-order valence-corrected chi connectivity index (χ4v) is 9.84. The van der Waals surface area contributed by atoms with Gasteiger partial charge in [-0.1, -0.05) is 334 Å². The second-order valence-corrected chi connectivity index (χ2v) is 22.5. The number of unbranched alkanes of at least 4 members (excludes halogenated alkanes) is 36. The molecule has 0 fully saturated rings. The first kappa shape index (κ1) is 74.8. The second kappa shape index (κ2) is 68.1. The Balaban J connectivity index is 3.55. The van der Waals surface area contributed by atoms with E-state index in [9.17, 15) is 15.0 Å². The molecule has 4 heteroatoms. The fraction of sp³-hybridized carbons (Fsp3) is 0.716. The maximum Gasteiger partial charge on any atom is 0.220 e. The van der Waals surface area contributed by atoms with Gasteiger partial charge in [0.05, 0.1) is 18.8 Å². The third-order valence-corrected chi connectivity index (χ3v) is 14.9. The van der Waals surface area contributed by atoms with Gasteiger partial charge in [0.1, 0.15) is 0 Å². The van der Waals surface area contributed by atoms with Crippen LogP contribution in [0.3, 0.4) is 0 Å². The molecule has 448 valence electrons. The molecule has 0 bridgehead atoms. The predicted octanol–water partition coefficient (Wildman–Crippen LogP) is 23.2. The molecular weight excluding hydrogens is 951 g/mol. The van der Waals surface area contributed by atoms with Gasteiger partial charge in [0.15, 0.2) is 0 Å². The number of allylic oxidation sites excluding steroid dienone is 19. The molecule has 0 radical (unpaired) electrons. The summed E-state index contributed by atoms with van der Waals surface area (Å²) >= 11 is 0. The van der Waals surface area contributed by atoms with Crippen molar-refractivity contribution in [1.82, 2.24) is 5.32 Å². The Morgan fingerprint density at radius 2 is 0.577 bits per heavy atom. The molecule has 78 heavy (non-hydrogen) atoms. The molecule has 0 heterocycles. The van der Waals surface area contributed by atoms with Crippen LogP contribution in [-0.2, 0) is 4.79 Å². The SMILES string of the molecule is CC/C=C\C/C=C\C/C=C\C/C=C\C/C=C\C/C=C\C/C=C\CCCCCCCCCCCCCCCCCC(=O)NC(CO)C(O)/C=C/CC/C=C/CC/C=C/CCCCCCCCCCCCCCCCCCCCC. The summed E-state index contributed by atoms with van der Waals surface area (Å²) in [5, 5.41) is 23.2. The van der Waals surface area contributed by atoms with Gasteiger partial charge in [0, 0.05) is 6.42 Å². The number of hydrogen-bond donors (Lipinski definition) is 3. The molecule has 2 atom stereocenters. The number of carbonyl (C=O) groups is 1. The van der Waals surface area contributed by atoms with Crippen molar-refractivity contribution in [2.45, 2.75) is 334 Å². The molecular formula is C74H129NO3. The summed E-state index contributed by atoms with van der Waals surface area (Å²) in [4.78, 5) is 12.5. The van der Waals surface area contributed by atoms with Crippen molar-refractivity contribution in [2.24, 2.45) is 0 Å². The van der Waals surface area contributed by atoms with Gasteiger partial charge < -0.3 is 15.5 Å². The van der Waals surface area contributed by atoms with Crippen LogP contribution in [0, 0.1) is 0 Å². The predicted molar refractivity (Wildman–Crippen MR) is 349 cm³/mol. The summed E-state index contributed by atoms with van der Waals surface area (Å²) in [7, 11) is 0. The van der Waals surface area contributed by atoms with Gasteiger partial charge in [0.2, 0.25) is 5.91 Å². The number of hydrogen-bond acceptors (Lipinski definition) is 3. The van der Waals surface area contributed by atoms with E-state index in [4.69, 9.17) is 0 Å². The zero-order valence-corrected chi connectivity index (χ0v) is 51.7. The number of aliphatic hydroxyl groups is 2. The van der Waals surface area contributed by atoms with Crippen LogP contribution >= 0.6 is 0 Å². The van der Waals surface area contributed by atoms with Gasteiger partial charge in [-0.05, 0) is 103 Å². The average molecular weight is 1080 g/mol. The highest BCUT2D eigenvalue weighted by molar-refractivity contribution is 5.76. The minimum atomic E-state index is -0.879. The molecule has 0 spiro atoms. The first-order valence-corrected chi connectivity index (χ1v) is 33.7. The van der Waals surface area contributed by atoms with Gasteiger partial charge in [-0.15, -0.1) is 0 Å². The Bertz CT molecular complexity index is 1510. The normalized spacial score (nSPS) is 13.5. The number of aliphatic hydroxyl groups excluding tert-OH is 2. The molecule has 0 aliphatic carbocycles. The fourth-order valence-electron chi connectivity index (χ4n) is 9.84. The molecule has 0 saturated heterocycles. The standard InChI is InChI=1S/C74H129NO3/c1-3-5-7-9-11-13-15-17-19-21-23-25-27-29-31-33-34-35-36-37-38-39-40-42-44-46-48-50-52-54-56-58-60-62-64-66-68-70-74(78)75-72(71-76)73(77)69-67-65-63-61-59-57-55-53-51-49-47-45-43-41-32-30-28-26-24-22-20-18-16-14-12-10-8-6-4-2/h5,7,11,13,17,19,23,25,29,31,34-35,37-38,51,53,59,61,67,69,72-73,76-77H,3-4,6,8-10,12,14-16,18,20-22,24,26-28,30,32-33,36,39-50,52,54-58,60,62-66,68,70-71H2,1-2H3,(H,75,78)/b7-5-,13-11-,19-17-,25-23-,31-29-,35-34-,38-37-,53-51+,61-59+,69-67+. The maximum absolute atomic E-state index is 12.5. The summed E-state index contributed by atoms with van der Waals surface area (Å²) in [5.41, 5.74) is 0. The van der Waals surface area contributed by atoms with Crippen LogP contribution in [0.15, 0.2) is 122 Å². The van der Waals surface area contributed by atoms with E-state index in [-0.39, 0.29) is 12.5 Å². The summed E-state index contributed by atoms with van der Waals surface area (Å²) in [6.45, 7) is 4.20. The van der Waals surface area contributed by atoms with Gasteiger partial charge >= 0.3 is 0 Å². The number of nitrogens with one attached hydrogen (secondary N) is 1. The molecule has 0 aliphatic heterocycles. The van der Waals surface area contributed by atoms with E-state index in [1.807, 2.05) is 6.08 Å². The van der Waals surface area contributed by atoms with Crippen LogP contribution in [0.1, 0.15) is 322 Å². The van der Waals surface area contributed by atoms with Crippen molar-refractivity contribution in [3.8, 4) is 0 Å². The Hall–Kier alpha value is -3.21. The van der Waals surface area contributed by atoms with Crippen LogP contribution in [0.5, 0.6) is 0 Å². The smallest absolute Gasteiger partial charge is 0.220 e. The summed E-state index contributed by atoms with van der Waals surface area (Å²) in [5.74, 6) is -0.0791. The largest absolute Gasteiger partial charge is 0.394 e. The highest BCUT2D eigenvalue weighted by Gasteiger charge is 2.18. The van der Waals surface area contributed by atoms with Crippen LogP contribution in [0.2, 0.25) is 0 Å². The molecule has 1 amide bonds. The van der Waals surface area contributed by atoms with Crippen molar-refractivity contribution in [1.29, 1.82) is 0 Å². The lowest BCUT2D eigenvalue weighted by molar-refractivity contribution is -0.123. The first-order valence-electron chi connectivity index (χ1n) is 33.7. The monoisotopic (exact) mass is 1080 g/mol. The van der Waals surface area contributed by atoms with Crippen LogP contribution in [0.4, 0.5) is 0 Å². The van der Waals surface area contributed by atoms with Crippen molar-refractivity contribution in [3.05, 3.63) is 122 Å². The topological polar surface area (TPSA) is 69.6 Å². The molecule has 2 unspecified atom stereocenters. The maximum atomic E-state index is 12.5. The molecule has 0 saturated carbocycles. The summed E-state index contributed by atoms with van der Waals surface area (Å²) < 4.78 is 0. The summed E-state index contributed by atoms with van der Waals surface area (Å²) in [6.07, 6.45) is 104. The van der Waals surface area contributed by atoms with E-state index in [0.29, 0.717) is 6.42 Å². The Morgan fingerprint density at radius 3 is 0.897 bits per heavy atom. The molecule has 0 aliphatic rings. The van der Waals surface area contributed by atoms with Crippen molar-refractivity contribution < 1.29 is 15.0 Å². The van der Waals surface area contributed by atoms with Gasteiger partial charge in [-0.3, -0.25) is 4.79 Å². The Kier molecular flexibility index (Phi) is 65.3. The Morgan fingerprint density at radius 1 is 0.321 bits per heavy atom.